The van der Waals surface area contributed by atoms with Crippen LogP contribution in [-0.4, -0.2) is 45.6 Å². The third-order valence-electron chi connectivity index (χ3n) is 7.98. The van der Waals surface area contributed by atoms with E-state index >= 15 is 0 Å². The summed E-state index contributed by atoms with van der Waals surface area (Å²) in [7, 11) is -1.55. The molecular formula is C34H50N4O4Si2. The molecule has 44 heavy (non-hydrogen) atoms. The van der Waals surface area contributed by atoms with E-state index in [9.17, 15) is 9.90 Å². The number of carboxylic acid groups (broad SMARTS) is 1. The molecule has 1 aromatic heterocycles. The van der Waals surface area contributed by atoms with Gasteiger partial charge in [0, 0.05) is 29.7 Å². The number of nitrogens with zero attached hydrogens (tertiary/aromatic N) is 4. The molecule has 0 radical (unpaired) electrons. The fourth-order valence-electron chi connectivity index (χ4n) is 5.71. The topological polar surface area (TPSA) is 90.4 Å². The first-order chi connectivity index (χ1) is 20.3. The first kappa shape index (κ1) is 33.6. The molecule has 10 heteroatoms. The Morgan fingerprint density at radius 2 is 1.68 bits per heavy atom. The third-order valence-corrected chi connectivity index (χ3v) is 9.68. The van der Waals surface area contributed by atoms with E-state index in [1.165, 1.54) is 0 Å². The molecule has 4 rings (SSSR count). The van der Waals surface area contributed by atoms with Crippen molar-refractivity contribution in [2.75, 3.05) is 6.54 Å². The second kappa shape index (κ2) is 12.3. The number of carbonyl (C=O) groups is 1. The van der Waals surface area contributed by atoms with Crippen LogP contribution < -0.4 is 14.1 Å². The van der Waals surface area contributed by atoms with Gasteiger partial charge < -0.3 is 23.7 Å². The zero-order chi connectivity index (χ0) is 32.7. The van der Waals surface area contributed by atoms with Crippen LogP contribution in [0.3, 0.4) is 0 Å². The third kappa shape index (κ3) is 7.69. The average molecular weight is 635 g/mol. The molecule has 0 amide bonds. The van der Waals surface area contributed by atoms with Crippen molar-refractivity contribution < 1.29 is 23.3 Å². The van der Waals surface area contributed by atoms with Crippen LogP contribution in [0.4, 0.5) is 5.82 Å². The Morgan fingerprint density at radius 3 is 2.32 bits per heavy atom. The largest absolute Gasteiger partial charge is 0.550 e. The van der Waals surface area contributed by atoms with E-state index in [0.29, 0.717) is 6.42 Å². The van der Waals surface area contributed by atoms with Gasteiger partial charge in [0.2, 0.25) is 16.6 Å². The Morgan fingerprint density at radius 1 is 1.00 bits per heavy atom. The van der Waals surface area contributed by atoms with Crippen LogP contribution in [0.2, 0.25) is 39.3 Å². The van der Waals surface area contributed by atoms with E-state index in [2.05, 4.69) is 113 Å². The van der Waals surface area contributed by atoms with Gasteiger partial charge in [-0.05, 0) is 102 Å². The number of carbonyl (C=O) groups excluding carboxylic acids is 1. The molecular weight excluding hydrogens is 585 g/mol. The van der Waals surface area contributed by atoms with Gasteiger partial charge in [-0.3, -0.25) is 0 Å². The molecule has 0 atom stereocenters. The SMILES string of the molecule is C[n+]1cc(O[Si](C)(C)C)cc2c1N=C(/C=C/C=C1\N=C3C(=CC(O[Si](C)(C)C)=CN3CCCCCC(=O)[O-])C1(C)C)C2(C)C. The van der Waals surface area contributed by atoms with Crippen molar-refractivity contribution in [2.24, 2.45) is 22.4 Å². The first-order valence-corrected chi connectivity index (χ1v) is 22.5. The van der Waals surface area contributed by atoms with Gasteiger partial charge in [0.15, 0.2) is 5.71 Å². The Kier molecular flexibility index (Phi) is 9.38. The summed E-state index contributed by atoms with van der Waals surface area (Å²) < 4.78 is 14.8. The van der Waals surface area contributed by atoms with Gasteiger partial charge in [-0.25, -0.2) is 9.56 Å². The number of rotatable bonds is 12. The van der Waals surface area contributed by atoms with Gasteiger partial charge >= 0.3 is 5.82 Å². The van der Waals surface area contributed by atoms with E-state index in [-0.39, 0.29) is 17.3 Å². The standard InChI is InChI=1S/C34H50N4O4Si2/c1-33(2)26-20-24(41-43(6,7)8)22-37(5)31(26)35-28(33)16-15-17-29-34(3,4)27-21-25(42-44(9,10)11)23-38(32(27)36-29)19-14-12-13-18-30(39)40/h15-17,20-23H,12-14,18-19H2,1-11H3. The number of amidine groups is 1. The lowest BCUT2D eigenvalue weighted by atomic mass is 9.81. The van der Waals surface area contributed by atoms with E-state index in [1.54, 1.807) is 0 Å². The Labute approximate surface area is 265 Å². The van der Waals surface area contributed by atoms with E-state index in [4.69, 9.17) is 18.8 Å². The smallest absolute Gasteiger partial charge is 0.327 e. The normalized spacial score (nSPS) is 19.8. The minimum atomic E-state index is -1.83. The summed E-state index contributed by atoms with van der Waals surface area (Å²) in [4.78, 5) is 23.2. The summed E-state index contributed by atoms with van der Waals surface area (Å²) in [5.74, 6) is 2.66. The Hall–Kier alpha value is -3.25. The van der Waals surface area contributed by atoms with Gasteiger partial charge in [0.05, 0.1) is 23.7 Å². The summed E-state index contributed by atoms with van der Waals surface area (Å²) in [6.45, 7) is 22.7. The number of hydrogen-bond acceptors (Lipinski definition) is 7. The first-order valence-electron chi connectivity index (χ1n) is 15.7. The predicted octanol–water partition coefficient (Wildman–Crippen LogP) is 6.21. The van der Waals surface area contributed by atoms with Crippen LogP contribution in [0.1, 0.15) is 58.9 Å². The summed E-state index contributed by atoms with van der Waals surface area (Å²) in [6, 6.07) is 2.15. The Balaban J connectivity index is 1.59. The minimum Gasteiger partial charge on any atom is -0.550 e. The Bertz CT molecular complexity index is 1500. The second-order valence-corrected chi connectivity index (χ2v) is 23.9. The molecule has 3 aliphatic rings. The van der Waals surface area contributed by atoms with Crippen LogP contribution in [0.5, 0.6) is 5.75 Å². The highest BCUT2D eigenvalue weighted by atomic mass is 28.4. The van der Waals surface area contributed by atoms with Crippen LogP contribution in [0.25, 0.3) is 0 Å². The molecule has 8 nitrogen and oxygen atoms in total. The van der Waals surface area contributed by atoms with Crippen LogP contribution in [0, 0.1) is 5.41 Å². The number of pyridine rings is 1. The second-order valence-electron chi connectivity index (χ2n) is 15.0. The van der Waals surface area contributed by atoms with Crippen LogP contribution >= 0.6 is 0 Å². The molecule has 0 saturated heterocycles. The summed E-state index contributed by atoms with van der Waals surface area (Å²) >= 11 is 0. The number of allylic oxidation sites excluding steroid dienone is 5. The lowest BCUT2D eigenvalue weighted by Gasteiger charge is -2.32. The fourth-order valence-corrected chi connectivity index (χ4v) is 7.34. The molecule has 0 N–H and O–H groups in total. The van der Waals surface area contributed by atoms with E-state index in [0.717, 1.165) is 65.1 Å². The molecule has 1 aromatic rings. The highest BCUT2D eigenvalue weighted by Crippen LogP contribution is 2.45. The fraction of sp³-hybridized carbons (Fsp3) is 0.529. The molecule has 0 fully saturated rings. The number of aliphatic carboxylic acids is 1. The number of aromatic nitrogens is 1. The van der Waals surface area contributed by atoms with Crippen LogP contribution in [0.15, 0.2) is 69.8 Å². The van der Waals surface area contributed by atoms with E-state index < -0.39 is 22.6 Å². The predicted molar refractivity (Wildman–Crippen MR) is 181 cm³/mol. The highest BCUT2D eigenvalue weighted by Gasteiger charge is 2.43. The van der Waals surface area contributed by atoms with Crippen molar-refractivity contribution in [3.05, 3.63) is 65.4 Å². The van der Waals surface area contributed by atoms with Gasteiger partial charge in [-0.1, -0.05) is 26.3 Å². The molecule has 4 heterocycles. The number of fused-ring (bicyclic) bond motifs is 2. The van der Waals surface area contributed by atoms with Crippen molar-refractivity contribution in [3.63, 3.8) is 0 Å². The average Bonchev–Trinajstić information content (AvgIpc) is 3.26. The quantitative estimate of drug-likeness (QED) is 0.155. The molecule has 238 valence electrons. The monoisotopic (exact) mass is 634 g/mol. The summed E-state index contributed by atoms with van der Waals surface area (Å²) in [5.41, 5.74) is 3.68. The van der Waals surface area contributed by atoms with Gasteiger partial charge in [0.1, 0.15) is 23.5 Å². The van der Waals surface area contributed by atoms with Crippen molar-refractivity contribution in [1.82, 2.24) is 4.90 Å². The molecule has 3 aliphatic heterocycles. The zero-order valence-electron chi connectivity index (χ0n) is 28.5. The maximum Gasteiger partial charge on any atom is 0.327 e. The maximum atomic E-state index is 10.8. The number of hydrogen-bond donors (Lipinski definition) is 0. The van der Waals surface area contributed by atoms with Crippen molar-refractivity contribution in [2.45, 2.75) is 98.1 Å². The molecule has 0 aliphatic carbocycles. The van der Waals surface area contributed by atoms with Gasteiger partial charge in [-0.2, -0.15) is 0 Å². The maximum absolute atomic E-state index is 10.8. The minimum absolute atomic E-state index is 0.0943. The van der Waals surface area contributed by atoms with Crippen molar-refractivity contribution >= 4 is 40.0 Å². The number of aryl methyl sites for hydroxylation is 1. The lowest BCUT2D eigenvalue weighted by molar-refractivity contribution is -0.658. The molecule has 0 spiro atoms. The van der Waals surface area contributed by atoms with Gasteiger partial charge in [-0.15, -0.1) is 0 Å². The molecule has 0 aromatic carbocycles. The highest BCUT2D eigenvalue weighted by molar-refractivity contribution is 6.70. The number of carboxylic acids is 1. The lowest BCUT2D eigenvalue weighted by Crippen LogP contribution is -2.35. The van der Waals surface area contributed by atoms with Crippen LogP contribution in [-0.2, 0) is 21.7 Å². The summed E-state index contributed by atoms with van der Waals surface area (Å²) in [6.07, 6.45) is 14.9. The number of unbranched alkanes of at least 4 members (excludes halogenated alkanes) is 2. The number of aliphatic imine (C=N–C) groups is 2. The molecule has 0 saturated carbocycles. The van der Waals surface area contributed by atoms with Crippen molar-refractivity contribution in [3.8, 4) is 5.75 Å². The van der Waals surface area contributed by atoms with Gasteiger partial charge in [0.25, 0.3) is 0 Å². The van der Waals surface area contributed by atoms with Crippen molar-refractivity contribution in [1.29, 1.82) is 0 Å². The molecule has 0 bridgehead atoms. The molecule has 0 unspecified atom stereocenters. The van der Waals surface area contributed by atoms with E-state index in [1.807, 2.05) is 13.2 Å². The zero-order valence-corrected chi connectivity index (χ0v) is 30.5. The summed E-state index contributed by atoms with van der Waals surface area (Å²) in [5, 5.41) is 10.8.